The van der Waals surface area contributed by atoms with E-state index in [0.29, 0.717) is 41.4 Å². The topological polar surface area (TPSA) is 102 Å². The first-order valence-electron chi connectivity index (χ1n) is 11.8. The molecular weight excluding hydrogens is 465 g/mol. The van der Waals surface area contributed by atoms with Gasteiger partial charge in [-0.3, -0.25) is 14.5 Å². The van der Waals surface area contributed by atoms with Crippen molar-refractivity contribution in [3.05, 3.63) is 78.0 Å². The molecule has 2 atom stereocenters. The van der Waals surface area contributed by atoms with Gasteiger partial charge in [0.05, 0.1) is 11.6 Å². The maximum atomic E-state index is 13.8. The average Bonchev–Trinajstić information content (AvgIpc) is 3.64. The number of halogens is 1. The van der Waals surface area contributed by atoms with Crippen LogP contribution in [-0.4, -0.2) is 46.1 Å². The van der Waals surface area contributed by atoms with E-state index in [1.54, 1.807) is 25.1 Å². The number of hydrogen-bond acceptors (Lipinski definition) is 6. The van der Waals surface area contributed by atoms with Crippen molar-refractivity contribution in [3.63, 3.8) is 0 Å². The standard InChI is InChI=1S/C26H26FN5O4/c1-17-8-13-23(36-17)25(26(34)28-15-20-5-4-14-35-20)32(19-11-9-18(27)10-12-19)24(33)16-31-22-7-3-2-6-21(22)29-30-31/h2-3,6-13,20,25H,4-5,14-16H2,1H3,(H,28,34). The summed E-state index contributed by atoms with van der Waals surface area (Å²) >= 11 is 0. The summed E-state index contributed by atoms with van der Waals surface area (Å²) in [6.07, 6.45) is 1.71. The lowest BCUT2D eigenvalue weighted by Crippen LogP contribution is -2.46. The molecule has 0 bridgehead atoms. The van der Waals surface area contributed by atoms with Gasteiger partial charge in [-0.1, -0.05) is 17.3 Å². The van der Waals surface area contributed by atoms with E-state index in [9.17, 15) is 14.0 Å². The molecule has 0 aliphatic carbocycles. The second-order valence-corrected chi connectivity index (χ2v) is 8.71. The first-order valence-corrected chi connectivity index (χ1v) is 11.8. The number of carbonyl (C=O) groups excluding carboxylic acids is 2. The van der Waals surface area contributed by atoms with Gasteiger partial charge in [0.15, 0.2) is 6.04 Å². The third kappa shape index (κ3) is 4.99. The summed E-state index contributed by atoms with van der Waals surface area (Å²) in [6, 6.07) is 15.0. The van der Waals surface area contributed by atoms with Crippen LogP contribution in [0.5, 0.6) is 0 Å². The van der Waals surface area contributed by atoms with Crippen LogP contribution in [0.15, 0.2) is 65.1 Å². The number of aryl methyl sites for hydroxylation is 1. The van der Waals surface area contributed by atoms with Gasteiger partial charge in [0.2, 0.25) is 5.91 Å². The lowest BCUT2D eigenvalue weighted by Gasteiger charge is -2.30. The van der Waals surface area contributed by atoms with E-state index < -0.39 is 23.7 Å². The molecule has 186 valence electrons. The highest BCUT2D eigenvalue weighted by molar-refractivity contribution is 6.01. The Hall–Kier alpha value is -4.05. The Morgan fingerprint density at radius 3 is 2.69 bits per heavy atom. The number of anilines is 1. The van der Waals surface area contributed by atoms with E-state index in [-0.39, 0.29) is 12.6 Å². The maximum absolute atomic E-state index is 13.8. The molecule has 0 saturated carbocycles. The molecule has 0 spiro atoms. The second kappa shape index (κ2) is 10.3. The number of nitrogens with one attached hydrogen (secondary N) is 1. The molecule has 2 aromatic carbocycles. The zero-order valence-corrected chi connectivity index (χ0v) is 19.8. The Balaban J connectivity index is 1.51. The van der Waals surface area contributed by atoms with Crippen molar-refractivity contribution < 1.29 is 23.1 Å². The van der Waals surface area contributed by atoms with Crippen LogP contribution in [0.25, 0.3) is 11.0 Å². The van der Waals surface area contributed by atoms with E-state index in [1.165, 1.54) is 33.8 Å². The number of fused-ring (bicyclic) bond motifs is 1. The molecule has 1 saturated heterocycles. The predicted octanol–water partition coefficient (Wildman–Crippen LogP) is 3.54. The van der Waals surface area contributed by atoms with Gasteiger partial charge in [0.1, 0.15) is 29.4 Å². The second-order valence-electron chi connectivity index (χ2n) is 8.71. The zero-order chi connectivity index (χ0) is 25.1. The van der Waals surface area contributed by atoms with Crippen molar-refractivity contribution in [1.82, 2.24) is 20.3 Å². The molecular formula is C26H26FN5O4. The summed E-state index contributed by atoms with van der Waals surface area (Å²) in [5.41, 5.74) is 1.67. The molecule has 2 aromatic heterocycles. The molecule has 10 heteroatoms. The number of rotatable bonds is 8. The highest BCUT2D eigenvalue weighted by Gasteiger charge is 2.36. The Kier molecular flexibility index (Phi) is 6.77. The van der Waals surface area contributed by atoms with Gasteiger partial charge in [0, 0.05) is 18.8 Å². The monoisotopic (exact) mass is 491 g/mol. The van der Waals surface area contributed by atoms with Gasteiger partial charge >= 0.3 is 0 Å². The number of amides is 2. The molecule has 5 rings (SSSR count). The number of carbonyl (C=O) groups is 2. The number of ether oxygens (including phenoxy) is 1. The maximum Gasteiger partial charge on any atom is 0.251 e. The summed E-state index contributed by atoms with van der Waals surface area (Å²) < 4.78 is 26.7. The molecule has 4 aromatic rings. The molecule has 36 heavy (non-hydrogen) atoms. The van der Waals surface area contributed by atoms with E-state index in [4.69, 9.17) is 9.15 Å². The van der Waals surface area contributed by atoms with Gasteiger partial charge in [-0.25, -0.2) is 9.07 Å². The zero-order valence-electron chi connectivity index (χ0n) is 19.8. The van der Waals surface area contributed by atoms with Gasteiger partial charge in [-0.05, 0) is 68.3 Å². The first-order chi connectivity index (χ1) is 17.5. The van der Waals surface area contributed by atoms with Crippen LogP contribution in [0.3, 0.4) is 0 Å². The largest absolute Gasteiger partial charge is 0.464 e. The number of nitrogens with zero attached hydrogens (tertiary/aromatic N) is 4. The van der Waals surface area contributed by atoms with Crippen molar-refractivity contribution >= 4 is 28.5 Å². The van der Waals surface area contributed by atoms with Crippen molar-refractivity contribution in [2.24, 2.45) is 0 Å². The smallest absolute Gasteiger partial charge is 0.251 e. The first kappa shape index (κ1) is 23.7. The number of furan rings is 1. The fraction of sp³-hybridized carbons (Fsp3) is 0.308. The Morgan fingerprint density at radius 2 is 1.97 bits per heavy atom. The van der Waals surface area contributed by atoms with Crippen molar-refractivity contribution in [3.8, 4) is 0 Å². The number of benzene rings is 2. The fourth-order valence-electron chi connectivity index (χ4n) is 4.37. The molecule has 3 heterocycles. The molecule has 1 aliphatic rings. The highest BCUT2D eigenvalue weighted by atomic mass is 19.1. The van der Waals surface area contributed by atoms with Crippen LogP contribution in [0.2, 0.25) is 0 Å². The van der Waals surface area contributed by atoms with Gasteiger partial charge in [-0.15, -0.1) is 5.10 Å². The van der Waals surface area contributed by atoms with Gasteiger partial charge in [0.25, 0.3) is 5.91 Å². The average molecular weight is 492 g/mol. The minimum Gasteiger partial charge on any atom is -0.464 e. The molecule has 0 radical (unpaired) electrons. The fourth-order valence-corrected chi connectivity index (χ4v) is 4.37. The van der Waals surface area contributed by atoms with Crippen molar-refractivity contribution in [2.45, 2.75) is 38.5 Å². The number of hydrogen-bond donors (Lipinski definition) is 1. The number of para-hydroxylation sites is 1. The van der Waals surface area contributed by atoms with Crippen LogP contribution < -0.4 is 10.2 Å². The summed E-state index contributed by atoms with van der Waals surface area (Å²) in [4.78, 5) is 28.7. The van der Waals surface area contributed by atoms with Gasteiger partial charge < -0.3 is 14.5 Å². The van der Waals surface area contributed by atoms with E-state index in [0.717, 1.165) is 12.8 Å². The summed E-state index contributed by atoms with van der Waals surface area (Å²) in [7, 11) is 0. The Morgan fingerprint density at radius 1 is 1.17 bits per heavy atom. The van der Waals surface area contributed by atoms with E-state index in [2.05, 4.69) is 15.6 Å². The lowest BCUT2D eigenvalue weighted by atomic mass is 10.1. The molecule has 2 amide bonds. The quantitative estimate of drug-likeness (QED) is 0.405. The van der Waals surface area contributed by atoms with Crippen LogP contribution in [0.1, 0.15) is 30.4 Å². The molecule has 2 unspecified atom stereocenters. The number of aromatic nitrogens is 3. The molecule has 1 fully saturated rings. The molecule has 9 nitrogen and oxygen atoms in total. The normalized spacial score (nSPS) is 16.2. The van der Waals surface area contributed by atoms with Crippen molar-refractivity contribution in [2.75, 3.05) is 18.1 Å². The third-order valence-corrected chi connectivity index (χ3v) is 6.14. The minimum absolute atomic E-state index is 0.0792. The van der Waals surface area contributed by atoms with Crippen LogP contribution in [0, 0.1) is 12.7 Å². The van der Waals surface area contributed by atoms with Crippen LogP contribution in [-0.2, 0) is 20.9 Å². The summed E-state index contributed by atoms with van der Waals surface area (Å²) in [5, 5.41) is 11.1. The predicted molar refractivity (Wildman–Crippen MR) is 130 cm³/mol. The van der Waals surface area contributed by atoms with E-state index >= 15 is 0 Å². The lowest BCUT2D eigenvalue weighted by molar-refractivity contribution is -0.127. The molecule has 1 aliphatic heterocycles. The molecule has 1 N–H and O–H groups in total. The summed E-state index contributed by atoms with van der Waals surface area (Å²) in [6.45, 7) is 2.55. The Labute approximate surface area is 206 Å². The van der Waals surface area contributed by atoms with E-state index in [1.807, 2.05) is 18.2 Å². The van der Waals surface area contributed by atoms with Crippen LogP contribution >= 0.6 is 0 Å². The third-order valence-electron chi connectivity index (χ3n) is 6.14. The Bertz CT molecular complexity index is 1360. The van der Waals surface area contributed by atoms with Crippen molar-refractivity contribution in [1.29, 1.82) is 0 Å². The van der Waals surface area contributed by atoms with Crippen LogP contribution in [0.4, 0.5) is 10.1 Å². The van der Waals surface area contributed by atoms with Gasteiger partial charge in [-0.2, -0.15) is 0 Å². The SMILES string of the molecule is Cc1ccc(C(C(=O)NCC2CCCO2)N(C(=O)Cn2nnc3ccccc32)c2ccc(F)cc2)o1. The highest BCUT2D eigenvalue weighted by Crippen LogP contribution is 2.30. The summed E-state index contributed by atoms with van der Waals surface area (Å²) in [5.74, 6) is -0.444. The minimum atomic E-state index is -1.13.